The van der Waals surface area contributed by atoms with Crippen molar-refractivity contribution in [1.82, 2.24) is 15.2 Å². The predicted octanol–water partition coefficient (Wildman–Crippen LogP) is 3.54. The van der Waals surface area contributed by atoms with E-state index in [2.05, 4.69) is 55.0 Å². The van der Waals surface area contributed by atoms with E-state index in [4.69, 9.17) is 9.47 Å². The van der Waals surface area contributed by atoms with Gasteiger partial charge in [-0.1, -0.05) is 30.4 Å². The molecule has 7 heteroatoms. The van der Waals surface area contributed by atoms with E-state index < -0.39 is 0 Å². The molecule has 1 aliphatic rings. The van der Waals surface area contributed by atoms with Crippen LogP contribution in [0.2, 0.25) is 0 Å². The van der Waals surface area contributed by atoms with Crippen LogP contribution in [0.5, 0.6) is 5.19 Å². The molecule has 0 unspecified atom stereocenters. The van der Waals surface area contributed by atoms with Crippen molar-refractivity contribution in [2.24, 2.45) is 0 Å². The molecule has 1 saturated heterocycles. The zero-order valence-electron chi connectivity index (χ0n) is 15.4. The van der Waals surface area contributed by atoms with E-state index in [9.17, 15) is 4.79 Å². The summed E-state index contributed by atoms with van der Waals surface area (Å²) < 4.78 is 11.1. The highest BCUT2D eigenvalue weighted by Gasteiger charge is 2.28. The first kappa shape index (κ1) is 19.5. The molecule has 1 aliphatic heterocycles. The second-order valence-electron chi connectivity index (χ2n) is 6.76. The molecule has 2 rings (SSSR count). The van der Waals surface area contributed by atoms with Crippen molar-refractivity contribution in [2.75, 3.05) is 19.8 Å². The summed E-state index contributed by atoms with van der Waals surface area (Å²) in [5.74, 6) is 0.639. The van der Waals surface area contributed by atoms with Crippen LogP contribution in [0, 0.1) is 0 Å². The molecule has 0 atom stereocenters. The summed E-state index contributed by atoms with van der Waals surface area (Å²) in [6.45, 7) is 10.4. The first-order chi connectivity index (χ1) is 11.9. The number of aromatic nitrogens is 1. The van der Waals surface area contributed by atoms with Gasteiger partial charge in [0.2, 0.25) is 0 Å². The van der Waals surface area contributed by atoms with Crippen molar-refractivity contribution < 1.29 is 14.3 Å². The number of thiazole rings is 1. The highest BCUT2D eigenvalue weighted by molar-refractivity contribution is 7.15. The molecule has 1 aromatic rings. The van der Waals surface area contributed by atoms with E-state index >= 15 is 0 Å². The summed E-state index contributed by atoms with van der Waals surface area (Å²) in [5.41, 5.74) is 0.0499. The second kappa shape index (κ2) is 9.01. The zero-order valence-corrected chi connectivity index (χ0v) is 16.2. The van der Waals surface area contributed by atoms with Crippen LogP contribution in [-0.2, 0) is 4.74 Å². The lowest BCUT2D eigenvalue weighted by Crippen LogP contribution is -2.39. The predicted molar refractivity (Wildman–Crippen MR) is 99.6 cm³/mol. The van der Waals surface area contributed by atoms with Crippen LogP contribution in [0.4, 0.5) is 0 Å². The fourth-order valence-electron chi connectivity index (χ4n) is 2.12. The van der Waals surface area contributed by atoms with Crippen LogP contribution in [-0.4, -0.2) is 41.2 Å². The maximum Gasteiger partial charge on any atom is 0.278 e. The Morgan fingerprint density at radius 3 is 2.96 bits per heavy atom. The third-order valence-electron chi connectivity index (χ3n) is 3.70. The summed E-state index contributed by atoms with van der Waals surface area (Å²) in [4.78, 5) is 18.9. The van der Waals surface area contributed by atoms with Crippen molar-refractivity contribution in [2.45, 2.75) is 46.1 Å². The molecular weight excluding hydrogens is 338 g/mol. The summed E-state index contributed by atoms with van der Waals surface area (Å²) in [5, 5.41) is 3.30. The first-order valence-corrected chi connectivity index (χ1v) is 9.34. The van der Waals surface area contributed by atoms with Gasteiger partial charge in [-0.2, -0.15) is 0 Å². The molecule has 0 saturated carbocycles. The second-order valence-corrected chi connectivity index (χ2v) is 7.75. The molecule has 1 fully saturated rings. The fraction of sp³-hybridized carbons (Fsp3) is 0.556. The van der Waals surface area contributed by atoms with Gasteiger partial charge in [0.1, 0.15) is 23.6 Å². The number of allylic oxidation sites excluding steroid dienone is 1. The maximum absolute atomic E-state index is 12.0. The Labute approximate surface area is 153 Å². The largest absolute Gasteiger partial charge is 0.478 e. The van der Waals surface area contributed by atoms with Gasteiger partial charge in [-0.15, -0.1) is 0 Å². The lowest BCUT2D eigenvalue weighted by atomic mass is 10.1. The number of hydrogen-bond donors (Lipinski definition) is 1. The smallest absolute Gasteiger partial charge is 0.278 e. The highest BCUT2D eigenvalue weighted by atomic mass is 32.1. The molecule has 0 aliphatic carbocycles. The van der Waals surface area contributed by atoms with Gasteiger partial charge in [-0.25, -0.2) is 4.98 Å². The summed E-state index contributed by atoms with van der Waals surface area (Å²) in [6, 6.07) is 0. The van der Waals surface area contributed by atoms with Gasteiger partial charge in [0.15, 0.2) is 0 Å². The Hall–Kier alpha value is -1.86. The molecular formula is C18H27N3O3S. The minimum absolute atomic E-state index is 0.0499. The Balaban J connectivity index is 1.80. The Morgan fingerprint density at radius 2 is 2.28 bits per heavy atom. The summed E-state index contributed by atoms with van der Waals surface area (Å²) in [6.07, 6.45) is 9.10. The van der Waals surface area contributed by atoms with Crippen LogP contribution < -0.4 is 10.1 Å². The quantitative estimate of drug-likeness (QED) is 0.455. The number of nitrogens with one attached hydrogen (secondary N) is 1. The van der Waals surface area contributed by atoms with Crippen molar-refractivity contribution in [3.8, 4) is 5.19 Å². The molecule has 0 aromatic carbocycles. The van der Waals surface area contributed by atoms with E-state index in [0.29, 0.717) is 29.9 Å². The van der Waals surface area contributed by atoms with Crippen LogP contribution >= 0.6 is 11.3 Å². The minimum atomic E-state index is -0.124. The van der Waals surface area contributed by atoms with Crippen molar-refractivity contribution in [3.63, 3.8) is 0 Å². The standard InChI is InChI=1S/C18H27N3O3S/c1-5-6-7-8-9-19-16(22)15-10-20-17(25-15)23-12-14-11-21(13-24-14)18(2,3)4/h6-7,10,12H,5,8-9,11,13H2,1-4H3,(H,19,22)/b7-6-,14-12?. The normalized spacial score (nSPS) is 17.2. The van der Waals surface area contributed by atoms with Crippen molar-refractivity contribution in [3.05, 3.63) is 35.2 Å². The van der Waals surface area contributed by atoms with Gasteiger partial charge >= 0.3 is 0 Å². The number of nitrogens with zero attached hydrogens (tertiary/aromatic N) is 2. The number of hydrogen-bond acceptors (Lipinski definition) is 6. The summed E-state index contributed by atoms with van der Waals surface area (Å²) in [7, 11) is 0. The lowest BCUT2D eigenvalue weighted by Gasteiger charge is -2.28. The van der Waals surface area contributed by atoms with Gasteiger partial charge in [-0.3, -0.25) is 9.69 Å². The average molecular weight is 365 g/mol. The van der Waals surface area contributed by atoms with Gasteiger partial charge in [0.25, 0.3) is 11.1 Å². The van der Waals surface area contributed by atoms with Crippen LogP contribution in [0.25, 0.3) is 0 Å². The van der Waals surface area contributed by atoms with E-state index in [0.717, 1.165) is 18.6 Å². The Bertz CT molecular complexity index is 632. The molecule has 25 heavy (non-hydrogen) atoms. The maximum atomic E-state index is 12.0. The van der Waals surface area contributed by atoms with Gasteiger partial charge in [0, 0.05) is 12.1 Å². The fourth-order valence-corrected chi connectivity index (χ4v) is 2.78. The molecule has 1 aromatic heterocycles. The van der Waals surface area contributed by atoms with Gasteiger partial charge in [-0.05, 0) is 33.6 Å². The Kier molecular flexibility index (Phi) is 7.01. The molecule has 1 N–H and O–H groups in total. The topological polar surface area (TPSA) is 63.7 Å². The third-order valence-corrected chi connectivity index (χ3v) is 4.59. The van der Waals surface area contributed by atoms with Gasteiger partial charge in [0.05, 0.1) is 12.7 Å². The van der Waals surface area contributed by atoms with Crippen LogP contribution in [0.3, 0.4) is 0 Å². The molecule has 0 radical (unpaired) electrons. The number of carbonyl (C=O) groups excluding carboxylic acids is 1. The van der Waals surface area contributed by atoms with Crippen molar-refractivity contribution >= 4 is 17.2 Å². The van der Waals surface area contributed by atoms with Crippen LogP contribution in [0.1, 0.15) is 50.2 Å². The SMILES string of the molecule is CC/C=C\CCNC(=O)c1cnc(OC=C2CN(C(C)(C)C)CO2)s1. The van der Waals surface area contributed by atoms with E-state index in [1.165, 1.54) is 17.5 Å². The minimum Gasteiger partial charge on any atom is -0.478 e. The van der Waals surface area contributed by atoms with E-state index in [1.54, 1.807) is 6.26 Å². The molecule has 0 spiro atoms. The lowest BCUT2D eigenvalue weighted by molar-refractivity contribution is 0.0943. The molecule has 138 valence electrons. The van der Waals surface area contributed by atoms with Crippen LogP contribution in [0.15, 0.2) is 30.4 Å². The monoisotopic (exact) mass is 365 g/mol. The summed E-state index contributed by atoms with van der Waals surface area (Å²) >= 11 is 1.22. The number of ether oxygens (including phenoxy) is 2. The average Bonchev–Trinajstić information content (AvgIpc) is 3.21. The number of amides is 1. The Morgan fingerprint density at radius 1 is 1.48 bits per heavy atom. The molecule has 2 heterocycles. The zero-order chi connectivity index (χ0) is 18.3. The highest BCUT2D eigenvalue weighted by Crippen LogP contribution is 2.24. The van der Waals surface area contributed by atoms with E-state index in [-0.39, 0.29) is 11.4 Å². The number of rotatable bonds is 7. The third kappa shape index (κ3) is 6.17. The molecule has 0 bridgehead atoms. The first-order valence-electron chi connectivity index (χ1n) is 8.52. The van der Waals surface area contributed by atoms with Crippen molar-refractivity contribution in [1.29, 1.82) is 0 Å². The van der Waals surface area contributed by atoms with E-state index in [1.807, 2.05) is 0 Å². The molecule has 6 nitrogen and oxygen atoms in total. The number of carbonyl (C=O) groups is 1. The molecule has 1 amide bonds. The van der Waals surface area contributed by atoms with Gasteiger partial charge < -0.3 is 14.8 Å².